The van der Waals surface area contributed by atoms with E-state index in [1.807, 2.05) is 3.97 Å². The van der Waals surface area contributed by atoms with Gasteiger partial charge in [-0.1, -0.05) is 0 Å². The number of hydrogen-bond donors (Lipinski definition) is 0. The zero-order chi connectivity index (χ0) is 15.6. The molecule has 0 fully saturated rings. The van der Waals surface area contributed by atoms with Gasteiger partial charge in [0.15, 0.2) is 5.65 Å². The molecule has 0 spiro atoms. The molecule has 0 aliphatic rings. The molecule has 0 saturated heterocycles. The number of halogens is 2. The van der Waals surface area contributed by atoms with Gasteiger partial charge >= 0.3 is 5.97 Å². The molecule has 0 unspecified atom stereocenters. The topological polar surface area (TPSA) is 44.1 Å². The number of pyridine rings is 1. The maximum Gasteiger partial charge on any atom is 0.331 e. The predicted molar refractivity (Wildman–Crippen MR) is 91.6 cm³/mol. The molecule has 0 aliphatic carbocycles. The van der Waals surface area contributed by atoms with Crippen molar-refractivity contribution < 1.29 is 13.9 Å². The SMILES string of the molecule is CC(C)(C)OC(=O)/C=C/c1cn(SI)c2ncc(F)cc12. The van der Waals surface area contributed by atoms with Gasteiger partial charge in [-0.05, 0) is 32.9 Å². The summed E-state index contributed by atoms with van der Waals surface area (Å²) in [4.78, 5) is 15.8. The Balaban J connectivity index is 2.34. The number of rotatable bonds is 3. The summed E-state index contributed by atoms with van der Waals surface area (Å²) < 4.78 is 20.4. The van der Waals surface area contributed by atoms with E-state index in [0.717, 1.165) is 0 Å². The molecular weight excluding hydrogens is 406 g/mol. The normalized spacial score (nSPS) is 12.2. The minimum absolute atomic E-state index is 0.411. The molecule has 112 valence electrons. The van der Waals surface area contributed by atoms with Crippen molar-refractivity contribution in [1.29, 1.82) is 0 Å². The lowest BCUT2D eigenvalue weighted by molar-refractivity contribution is -0.148. The molecule has 2 aromatic heterocycles. The van der Waals surface area contributed by atoms with E-state index in [1.165, 1.54) is 27.5 Å². The second-order valence-corrected chi connectivity index (χ2v) is 7.08. The van der Waals surface area contributed by atoms with Gasteiger partial charge in [0.25, 0.3) is 0 Å². The van der Waals surface area contributed by atoms with E-state index < -0.39 is 17.4 Å². The first kappa shape index (κ1) is 16.3. The van der Waals surface area contributed by atoms with E-state index >= 15 is 0 Å². The molecule has 2 rings (SSSR count). The smallest absolute Gasteiger partial charge is 0.331 e. The molecule has 0 amide bonds. The summed E-state index contributed by atoms with van der Waals surface area (Å²) >= 11 is 2.11. The highest BCUT2D eigenvalue weighted by Crippen LogP contribution is 2.28. The summed E-state index contributed by atoms with van der Waals surface area (Å²) in [5.41, 5.74) is 0.827. The van der Waals surface area contributed by atoms with Gasteiger partial charge in [0.05, 0.1) is 6.20 Å². The quantitative estimate of drug-likeness (QED) is 0.420. The number of hydrogen-bond acceptors (Lipinski definition) is 4. The maximum atomic E-state index is 13.4. The molecule has 2 heterocycles. The predicted octanol–water partition coefficient (Wildman–Crippen LogP) is 4.38. The summed E-state index contributed by atoms with van der Waals surface area (Å²) in [5.74, 6) is -0.847. The van der Waals surface area contributed by atoms with E-state index in [0.29, 0.717) is 16.6 Å². The molecule has 0 saturated carbocycles. The zero-order valence-corrected chi connectivity index (χ0v) is 14.7. The summed E-state index contributed by atoms with van der Waals surface area (Å²) in [6.07, 6.45) is 5.93. The van der Waals surface area contributed by atoms with Crippen molar-refractivity contribution in [1.82, 2.24) is 8.96 Å². The molecular formula is C14H14FIN2O2S. The summed E-state index contributed by atoms with van der Waals surface area (Å²) in [6.45, 7) is 5.41. The van der Waals surface area contributed by atoms with Gasteiger partial charge in [0.1, 0.15) is 11.4 Å². The monoisotopic (exact) mass is 420 g/mol. The second-order valence-electron chi connectivity index (χ2n) is 5.37. The molecule has 0 atom stereocenters. The Bertz CT molecular complexity index is 707. The third kappa shape index (κ3) is 4.19. The number of fused-ring (bicyclic) bond motifs is 1. The van der Waals surface area contributed by atoms with Crippen LogP contribution >= 0.6 is 30.3 Å². The highest BCUT2D eigenvalue weighted by Gasteiger charge is 2.14. The number of carbonyl (C=O) groups excluding carboxylic acids is 1. The first-order chi connectivity index (χ1) is 9.80. The molecule has 0 bridgehead atoms. The van der Waals surface area contributed by atoms with Gasteiger partial charge in [-0.2, -0.15) is 0 Å². The number of aromatic nitrogens is 2. The Kier molecular flexibility index (Phi) is 4.92. The molecule has 21 heavy (non-hydrogen) atoms. The van der Waals surface area contributed by atoms with E-state index in [2.05, 4.69) is 26.2 Å². The van der Waals surface area contributed by atoms with Crippen LogP contribution in [0.5, 0.6) is 0 Å². The van der Waals surface area contributed by atoms with Gasteiger partial charge in [-0.15, -0.1) is 0 Å². The van der Waals surface area contributed by atoms with Crippen molar-refractivity contribution >= 4 is 53.4 Å². The first-order valence-corrected chi connectivity index (χ1v) is 9.48. The minimum Gasteiger partial charge on any atom is -0.457 e. The van der Waals surface area contributed by atoms with Crippen LogP contribution in [-0.2, 0) is 9.53 Å². The summed E-state index contributed by atoms with van der Waals surface area (Å²) in [7, 11) is 1.42. The van der Waals surface area contributed by atoms with Crippen LogP contribution in [0.4, 0.5) is 4.39 Å². The van der Waals surface area contributed by atoms with Crippen LogP contribution in [0.2, 0.25) is 0 Å². The van der Waals surface area contributed by atoms with Crippen LogP contribution in [0.25, 0.3) is 17.1 Å². The van der Waals surface area contributed by atoms with Crippen molar-refractivity contribution in [3.05, 3.63) is 35.9 Å². The zero-order valence-electron chi connectivity index (χ0n) is 11.8. The Morgan fingerprint density at radius 2 is 2.24 bits per heavy atom. The van der Waals surface area contributed by atoms with E-state index in [4.69, 9.17) is 4.74 Å². The Hall–Kier alpha value is -1.09. The van der Waals surface area contributed by atoms with E-state index in [9.17, 15) is 9.18 Å². The van der Waals surface area contributed by atoms with Crippen LogP contribution < -0.4 is 0 Å². The Morgan fingerprint density at radius 3 is 2.86 bits per heavy atom. The minimum atomic E-state index is -0.541. The highest BCUT2D eigenvalue weighted by atomic mass is 127. The van der Waals surface area contributed by atoms with Crippen molar-refractivity contribution in [2.24, 2.45) is 0 Å². The fraction of sp³-hybridized carbons (Fsp3) is 0.286. The van der Waals surface area contributed by atoms with Gasteiger partial charge in [0.2, 0.25) is 0 Å². The average molecular weight is 420 g/mol. The van der Waals surface area contributed by atoms with Gasteiger partial charge < -0.3 is 4.74 Å². The lowest BCUT2D eigenvalue weighted by Crippen LogP contribution is -2.22. The lowest BCUT2D eigenvalue weighted by Gasteiger charge is -2.17. The van der Waals surface area contributed by atoms with Crippen molar-refractivity contribution in [3.8, 4) is 0 Å². The summed E-state index contributed by atoms with van der Waals surface area (Å²) in [6, 6.07) is 1.40. The number of nitrogens with zero attached hydrogens (tertiary/aromatic N) is 2. The average Bonchev–Trinajstić information content (AvgIpc) is 2.71. The van der Waals surface area contributed by atoms with Gasteiger partial charge in [-0.3, -0.25) is 3.97 Å². The van der Waals surface area contributed by atoms with Crippen molar-refractivity contribution in [3.63, 3.8) is 0 Å². The van der Waals surface area contributed by atoms with Crippen molar-refractivity contribution in [2.75, 3.05) is 0 Å². The fourth-order valence-corrected chi connectivity index (χ4v) is 3.02. The van der Waals surface area contributed by atoms with Gasteiger partial charge in [-0.25, -0.2) is 14.2 Å². The molecule has 4 nitrogen and oxygen atoms in total. The first-order valence-electron chi connectivity index (χ1n) is 6.17. The van der Waals surface area contributed by atoms with Crippen LogP contribution in [0, 0.1) is 5.82 Å². The molecule has 0 aromatic carbocycles. The third-order valence-corrected chi connectivity index (χ3v) is 4.19. The number of carbonyl (C=O) groups is 1. The van der Waals surface area contributed by atoms with Crippen LogP contribution in [0.1, 0.15) is 26.3 Å². The largest absolute Gasteiger partial charge is 0.457 e. The number of ether oxygens (including phenoxy) is 1. The molecule has 0 aliphatic heterocycles. The van der Waals surface area contributed by atoms with Gasteiger partial charge in [0, 0.05) is 53.5 Å². The lowest BCUT2D eigenvalue weighted by atomic mass is 10.2. The van der Waals surface area contributed by atoms with E-state index in [1.54, 1.807) is 33.0 Å². The molecule has 0 N–H and O–H groups in total. The molecule has 2 aromatic rings. The fourth-order valence-electron chi connectivity index (χ4n) is 1.76. The summed E-state index contributed by atoms with van der Waals surface area (Å²) in [5, 5.41) is 0.652. The van der Waals surface area contributed by atoms with E-state index in [-0.39, 0.29) is 0 Å². The Morgan fingerprint density at radius 1 is 1.52 bits per heavy atom. The van der Waals surface area contributed by atoms with Crippen molar-refractivity contribution in [2.45, 2.75) is 26.4 Å². The van der Waals surface area contributed by atoms with Crippen LogP contribution in [0.3, 0.4) is 0 Å². The Labute approximate surface area is 138 Å². The van der Waals surface area contributed by atoms with Crippen LogP contribution in [-0.4, -0.2) is 20.5 Å². The molecule has 0 radical (unpaired) electrons. The highest BCUT2D eigenvalue weighted by molar-refractivity contribution is 14.2. The van der Waals surface area contributed by atoms with Crippen LogP contribution in [0.15, 0.2) is 24.5 Å². The number of esters is 1. The second kappa shape index (κ2) is 6.35. The maximum absolute atomic E-state index is 13.4. The molecule has 7 heteroatoms. The third-order valence-electron chi connectivity index (χ3n) is 2.49. The standard InChI is InChI=1S/C14H14FIN2O2S/c1-14(2,3)20-12(19)5-4-9-8-18(21-16)13-11(9)6-10(15)7-17-13/h4-8H,1-3H3/b5-4+.